The molecule has 1 aliphatic heterocycles. The zero-order chi connectivity index (χ0) is 19.7. The highest BCUT2D eigenvalue weighted by Crippen LogP contribution is 2.38. The largest absolute Gasteiger partial charge is 0.337 e. The maximum atomic E-state index is 12.9. The van der Waals surface area contributed by atoms with Crippen molar-refractivity contribution in [1.82, 2.24) is 14.9 Å². The molecule has 1 fully saturated rings. The summed E-state index contributed by atoms with van der Waals surface area (Å²) in [4.78, 5) is 24.9. The zero-order valence-electron chi connectivity index (χ0n) is 16.5. The minimum atomic E-state index is 0.212. The van der Waals surface area contributed by atoms with E-state index in [1.807, 2.05) is 0 Å². The minimum Gasteiger partial charge on any atom is -0.337 e. The van der Waals surface area contributed by atoms with Gasteiger partial charge >= 0.3 is 0 Å². The minimum absolute atomic E-state index is 0.212. The Labute approximate surface area is 174 Å². The number of rotatable bonds is 4. The molecule has 146 valence electrons. The van der Waals surface area contributed by atoms with E-state index in [0.29, 0.717) is 17.8 Å². The van der Waals surface area contributed by atoms with E-state index in [1.165, 1.54) is 23.7 Å². The topological polar surface area (TPSA) is 46.1 Å². The molecule has 0 spiro atoms. The van der Waals surface area contributed by atoms with Crippen LogP contribution in [-0.2, 0) is 4.79 Å². The van der Waals surface area contributed by atoms with Crippen LogP contribution in [0.1, 0.15) is 38.7 Å². The number of piperidine rings is 1. The molecule has 2 aromatic heterocycles. The molecule has 4 rings (SSSR count). The maximum absolute atomic E-state index is 12.9. The summed E-state index contributed by atoms with van der Waals surface area (Å²) in [6, 6.07) is 9.18. The SMILES string of the molecule is Cc1ccc(-c2csc3ncnc(SCC(=O)N4[C@H](C)CCC[C@H]4C)c23)cc1. The first-order chi connectivity index (χ1) is 13.5. The average molecular weight is 412 g/mol. The van der Waals surface area contributed by atoms with Crippen molar-refractivity contribution >= 4 is 39.2 Å². The maximum Gasteiger partial charge on any atom is 0.233 e. The van der Waals surface area contributed by atoms with Crippen molar-refractivity contribution in [2.45, 2.75) is 57.1 Å². The molecule has 28 heavy (non-hydrogen) atoms. The van der Waals surface area contributed by atoms with Gasteiger partial charge in [-0.1, -0.05) is 41.6 Å². The van der Waals surface area contributed by atoms with Gasteiger partial charge in [0.2, 0.25) is 5.91 Å². The first-order valence-electron chi connectivity index (χ1n) is 9.78. The third-order valence-electron chi connectivity index (χ3n) is 5.51. The lowest BCUT2D eigenvalue weighted by molar-refractivity contribution is -0.134. The molecule has 0 radical (unpaired) electrons. The summed E-state index contributed by atoms with van der Waals surface area (Å²) in [6.45, 7) is 6.42. The van der Waals surface area contributed by atoms with Crippen molar-refractivity contribution in [3.63, 3.8) is 0 Å². The second-order valence-corrected chi connectivity index (χ2v) is 9.42. The van der Waals surface area contributed by atoms with Crippen LogP contribution in [0.5, 0.6) is 0 Å². The highest BCUT2D eigenvalue weighted by Gasteiger charge is 2.29. The Balaban J connectivity index is 1.60. The molecule has 6 heteroatoms. The van der Waals surface area contributed by atoms with Gasteiger partial charge < -0.3 is 4.90 Å². The van der Waals surface area contributed by atoms with Crippen LogP contribution in [-0.4, -0.2) is 38.6 Å². The molecule has 0 N–H and O–H groups in total. The van der Waals surface area contributed by atoms with Crippen molar-refractivity contribution < 1.29 is 4.79 Å². The fraction of sp³-hybridized carbons (Fsp3) is 0.409. The van der Waals surface area contributed by atoms with Gasteiger partial charge in [-0.05, 0) is 45.6 Å². The van der Waals surface area contributed by atoms with Gasteiger partial charge in [-0.3, -0.25) is 4.79 Å². The van der Waals surface area contributed by atoms with Gasteiger partial charge in [-0.25, -0.2) is 9.97 Å². The molecule has 3 aromatic rings. The van der Waals surface area contributed by atoms with Crippen LogP contribution in [0.2, 0.25) is 0 Å². The second-order valence-electron chi connectivity index (χ2n) is 7.59. The number of benzene rings is 1. The van der Waals surface area contributed by atoms with Crippen LogP contribution in [0.15, 0.2) is 41.0 Å². The third-order valence-corrected chi connectivity index (χ3v) is 7.37. The Bertz CT molecular complexity index is 973. The van der Waals surface area contributed by atoms with E-state index in [-0.39, 0.29) is 5.91 Å². The Morgan fingerprint density at radius 3 is 2.61 bits per heavy atom. The van der Waals surface area contributed by atoms with Crippen molar-refractivity contribution in [2.75, 3.05) is 5.75 Å². The smallest absolute Gasteiger partial charge is 0.233 e. The molecule has 1 saturated heterocycles. The van der Waals surface area contributed by atoms with Crippen molar-refractivity contribution in [3.8, 4) is 11.1 Å². The van der Waals surface area contributed by atoms with E-state index in [9.17, 15) is 4.79 Å². The number of aryl methyl sites for hydroxylation is 1. The van der Waals surface area contributed by atoms with Crippen molar-refractivity contribution in [3.05, 3.63) is 41.5 Å². The molecule has 0 saturated carbocycles. The molecule has 0 unspecified atom stereocenters. The lowest BCUT2D eigenvalue weighted by atomic mass is 9.98. The van der Waals surface area contributed by atoms with Gasteiger partial charge in [0.05, 0.1) is 11.1 Å². The van der Waals surface area contributed by atoms with Gasteiger partial charge in [0.25, 0.3) is 0 Å². The number of fused-ring (bicyclic) bond motifs is 1. The number of hydrogen-bond acceptors (Lipinski definition) is 5. The highest BCUT2D eigenvalue weighted by molar-refractivity contribution is 8.00. The molecule has 1 aliphatic rings. The van der Waals surface area contributed by atoms with Crippen LogP contribution < -0.4 is 0 Å². The standard InChI is InChI=1S/C22H25N3OS2/c1-14-7-9-17(10-8-14)18-11-27-21-20(18)22(24-13-23-21)28-12-19(26)25-15(2)5-4-6-16(25)3/h7-11,13,15-16H,4-6,12H2,1-3H3/t15-,16-/m1/s1. The molecule has 0 aliphatic carbocycles. The number of nitrogens with zero attached hydrogens (tertiary/aromatic N) is 3. The van der Waals surface area contributed by atoms with Crippen LogP contribution in [0.3, 0.4) is 0 Å². The predicted molar refractivity (Wildman–Crippen MR) is 118 cm³/mol. The summed E-state index contributed by atoms with van der Waals surface area (Å²) in [5.41, 5.74) is 3.55. The predicted octanol–water partition coefficient (Wildman–Crippen LogP) is 5.55. The molecule has 3 heterocycles. The fourth-order valence-corrected chi connectivity index (χ4v) is 5.88. The zero-order valence-corrected chi connectivity index (χ0v) is 18.1. The number of thioether (sulfide) groups is 1. The molecule has 4 nitrogen and oxygen atoms in total. The number of carbonyl (C=O) groups is 1. The van der Waals surface area contributed by atoms with Crippen LogP contribution >= 0.6 is 23.1 Å². The van der Waals surface area contributed by atoms with Gasteiger partial charge in [-0.2, -0.15) is 0 Å². The van der Waals surface area contributed by atoms with Crippen molar-refractivity contribution in [1.29, 1.82) is 0 Å². The number of amides is 1. The van der Waals surface area contributed by atoms with Gasteiger partial charge in [0.1, 0.15) is 16.2 Å². The van der Waals surface area contributed by atoms with E-state index in [1.54, 1.807) is 17.7 Å². The first-order valence-corrected chi connectivity index (χ1v) is 11.6. The van der Waals surface area contributed by atoms with Crippen LogP contribution in [0.4, 0.5) is 0 Å². The number of hydrogen-bond donors (Lipinski definition) is 0. The summed E-state index contributed by atoms with van der Waals surface area (Å²) in [5, 5.41) is 4.10. The number of carbonyl (C=O) groups excluding carboxylic acids is 1. The van der Waals surface area contributed by atoms with E-state index in [4.69, 9.17) is 0 Å². The summed E-state index contributed by atoms with van der Waals surface area (Å²) in [6.07, 6.45) is 5.01. The summed E-state index contributed by atoms with van der Waals surface area (Å²) in [5.74, 6) is 0.632. The number of likely N-dealkylation sites (tertiary alicyclic amines) is 1. The summed E-state index contributed by atoms with van der Waals surface area (Å²) < 4.78 is 0. The average Bonchev–Trinajstić information content (AvgIpc) is 3.11. The Morgan fingerprint density at radius 1 is 1.18 bits per heavy atom. The highest BCUT2D eigenvalue weighted by atomic mass is 32.2. The number of thiophene rings is 1. The molecule has 0 bridgehead atoms. The van der Waals surface area contributed by atoms with E-state index in [2.05, 4.69) is 65.3 Å². The molecular weight excluding hydrogens is 386 g/mol. The summed E-state index contributed by atoms with van der Waals surface area (Å²) in [7, 11) is 0. The van der Waals surface area contributed by atoms with Gasteiger partial charge in [-0.15, -0.1) is 11.3 Å². The Kier molecular flexibility index (Phi) is 5.69. The Morgan fingerprint density at radius 2 is 1.89 bits per heavy atom. The number of aromatic nitrogens is 2. The quantitative estimate of drug-likeness (QED) is 0.417. The molecular formula is C22H25N3OS2. The summed E-state index contributed by atoms with van der Waals surface area (Å²) >= 11 is 3.17. The normalized spacial score (nSPS) is 19.9. The van der Waals surface area contributed by atoms with E-state index in [0.717, 1.165) is 39.2 Å². The Hall–Kier alpha value is -1.92. The van der Waals surface area contributed by atoms with Crippen molar-refractivity contribution in [2.24, 2.45) is 0 Å². The molecule has 1 amide bonds. The van der Waals surface area contributed by atoms with Gasteiger partial charge in [0, 0.05) is 23.0 Å². The lowest BCUT2D eigenvalue weighted by Gasteiger charge is -2.39. The third kappa shape index (κ3) is 3.80. The van der Waals surface area contributed by atoms with E-state index >= 15 is 0 Å². The molecule has 2 atom stereocenters. The van der Waals surface area contributed by atoms with Crippen LogP contribution in [0, 0.1) is 6.92 Å². The molecule has 1 aromatic carbocycles. The monoisotopic (exact) mass is 411 g/mol. The fourth-order valence-electron chi connectivity index (χ4n) is 4.02. The second kappa shape index (κ2) is 8.21. The first kappa shape index (κ1) is 19.4. The van der Waals surface area contributed by atoms with Crippen LogP contribution in [0.25, 0.3) is 21.3 Å². The lowest BCUT2D eigenvalue weighted by Crippen LogP contribution is -2.48. The van der Waals surface area contributed by atoms with E-state index < -0.39 is 0 Å². The van der Waals surface area contributed by atoms with Gasteiger partial charge in [0.15, 0.2) is 0 Å².